The average molecular weight is 244 g/mol. The molecule has 1 fully saturated rings. The van der Waals surface area contributed by atoms with E-state index in [-0.39, 0.29) is 0 Å². The highest BCUT2D eigenvalue weighted by molar-refractivity contribution is 8.00. The molecule has 1 rings (SSSR count). The summed E-state index contributed by atoms with van der Waals surface area (Å²) in [6.45, 7) is 8.34. The van der Waals surface area contributed by atoms with Crippen molar-refractivity contribution < 1.29 is 0 Å². The number of rotatable bonds is 4. The Morgan fingerprint density at radius 3 is 2.81 bits per heavy atom. The molecular weight excluding hydrogens is 220 g/mol. The predicted octanol–water partition coefficient (Wildman–Crippen LogP) is 1.34. The minimum absolute atomic E-state index is 0.307. The smallest absolute Gasteiger partial charge is 0.205 e. The lowest BCUT2D eigenvalue weighted by molar-refractivity contribution is 0.599. The fraction of sp³-hybridized carbons (Fsp3) is 0.909. The molecule has 0 radical (unpaired) electrons. The molecule has 1 heterocycles. The van der Waals surface area contributed by atoms with Crippen LogP contribution >= 0.6 is 11.8 Å². The van der Waals surface area contributed by atoms with E-state index in [1.807, 2.05) is 11.8 Å². The number of guanidine groups is 1. The van der Waals surface area contributed by atoms with Crippen molar-refractivity contribution in [2.24, 2.45) is 16.8 Å². The van der Waals surface area contributed by atoms with Gasteiger partial charge in [-0.25, -0.2) is 5.84 Å². The number of nitrogens with one attached hydrogen (secondary N) is 2. The van der Waals surface area contributed by atoms with Crippen LogP contribution in [0.4, 0.5) is 0 Å². The van der Waals surface area contributed by atoms with Crippen molar-refractivity contribution in [3.63, 3.8) is 0 Å². The highest BCUT2D eigenvalue weighted by atomic mass is 32.2. The van der Waals surface area contributed by atoms with Crippen LogP contribution in [-0.2, 0) is 0 Å². The summed E-state index contributed by atoms with van der Waals surface area (Å²) in [5.41, 5.74) is 2.63. The predicted molar refractivity (Wildman–Crippen MR) is 72.6 cm³/mol. The first-order valence-corrected chi connectivity index (χ1v) is 6.93. The van der Waals surface area contributed by atoms with Gasteiger partial charge in [0.05, 0.1) is 6.54 Å². The van der Waals surface area contributed by atoms with Crippen LogP contribution in [0, 0.1) is 5.92 Å². The minimum atomic E-state index is 0.307. The largest absolute Gasteiger partial charge is 0.355 e. The fourth-order valence-electron chi connectivity index (χ4n) is 1.66. The summed E-state index contributed by atoms with van der Waals surface area (Å²) in [5.74, 6) is 8.00. The zero-order chi connectivity index (χ0) is 12.0. The van der Waals surface area contributed by atoms with Crippen molar-refractivity contribution in [3.05, 3.63) is 0 Å². The van der Waals surface area contributed by atoms with E-state index in [0.29, 0.717) is 16.6 Å². The van der Waals surface area contributed by atoms with Crippen LogP contribution in [0.25, 0.3) is 0 Å². The molecule has 0 amide bonds. The number of hydrogen-bond donors (Lipinski definition) is 3. The molecule has 1 aliphatic rings. The van der Waals surface area contributed by atoms with Gasteiger partial charge in [-0.1, -0.05) is 13.8 Å². The molecule has 0 saturated carbocycles. The maximum Gasteiger partial charge on any atom is 0.205 e. The second-order valence-electron chi connectivity index (χ2n) is 4.99. The standard InChI is InChI=1S/C11H24N4S/c1-9(2)7-13-10(15-12)14-8-11(3)5-4-6-16-11/h9H,4-8,12H2,1-3H3,(H2,13,14,15). The maximum atomic E-state index is 5.44. The molecule has 4 N–H and O–H groups in total. The number of hydrogen-bond acceptors (Lipinski definition) is 3. The quantitative estimate of drug-likeness (QED) is 0.302. The molecule has 5 heteroatoms. The molecule has 4 nitrogen and oxygen atoms in total. The molecule has 94 valence electrons. The molecule has 0 spiro atoms. The Balaban J connectivity index is 2.39. The molecular formula is C11H24N4S. The van der Waals surface area contributed by atoms with Gasteiger partial charge >= 0.3 is 0 Å². The number of thioether (sulfide) groups is 1. The molecule has 1 atom stereocenters. The Kier molecular flexibility index (Phi) is 5.41. The SMILES string of the molecule is CC(C)CNC(=NCC1(C)CCCS1)NN. The van der Waals surface area contributed by atoms with Crippen LogP contribution in [0.3, 0.4) is 0 Å². The van der Waals surface area contributed by atoms with Gasteiger partial charge in [0.15, 0.2) is 0 Å². The molecule has 1 aliphatic heterocycles. The highest BCUT2D eigenvalue weighted by Crippen LogP contribution is 2.37. The van der Waals surface area contributed by atoms with Crippen LogP contribution in [0.15, 0.2) is 4.99 Å². The second kappa shape index (κ2) is 6.35. The summed E-state index contributed by atoms with van der Waals surface area (Å²) in [7, 11) is 0. The summed E-state index contributed by atoms with van der Waals surface area (Å²) in [6.07, 6.45) is 2.56. The van der Waals surface area contributed by atoms with E-state index in [0.717, 1.165) is 13.1 Å². The lowest BCUT2D eigenvalue weighted by Crippen LogP contribution is -2.43. The van der Waals surface area contributed by atoms with Crippen LogP contribution in [0.1, 0.15) is 33.6 Å². The number of nitrogens with two attached hydrogens (primary N) is 1. The van der Waals surface area contributed by atoms with Crippen LogP contribution in [0.5, 0.6) is 0 Å². The van der Waals surface area contributed by atoms with Crippen molar-refractivity contribution in [1.82, 2.24) is 10.7 Å². The Bertz CT molecular complexity index is 234. The average Bonchev–Trinajstić information content (AvgIpc) is 2.65. The van der Waals surface area contributed by atoms with Crippen molar-refractivity contribution in [2.45, 2.75) is 38.4 Å². The molecule has 0 aromatic heterocycles. The molecule has 0 bridgehead atoms. The topological polar surface area (TPSA) is 62.4 Å². The Hall–Kier alpha value is -0.420. The van der Waals surface area contributed by atoms with Gasteiger partial charge in [-0.05, 0) is 31.4 Å². The summed E-state index contributed by atoms with van der Waals surface area (Å²) < 4.78 is 0.307. The van der Waals surface area contributed by atoms with E-state index >= 15 is 0 Å². The lowest BCUT2D eigenvalue weighted by atomic mass is 10.1. The van der Waals surface area contributed by atoms with Crippen molar-refractivity contribution in [2.75, 3.05) is 18.8 Å². The van der Waals surface area contributed by atoms with Crippen molar-refractivity contribution >= 4 is 17.7 Å². The first kappa shape index (κ1) is 13.6. The third-order valence-electron chi connectivity index (χ3n) is 2.69. The zero-order valence-electron chi connectivity index (χ0n) is 10.5. The van der Waals surface area contributed by atoms with E-state index in [1.165, 1.54) is 18.6 Å². The van der Waals surface area contributed by atoms with Crippen LogP contribution in [0.2, 0.25) is 0 Å². The van der Waals surface area contributed by atoms with E-state index in [2.05, 4.69) is 36.5 Å². The molecule has 0 aliphatic carbocycles. The Morgan fingerprint density at radius 1 is 1.56 bits per heavy atom. The Labute approximate surface area is 103 Å². The second-order valence-corrected chi connectivity index (χ2v) is 6.67. The van der Waals surface area contributed by atoms with E-state index < -0.39 is 0 Å². The third-order valence-corrected chi connectivity index (χ3v) is 4.21. The van der Waals surface area contributed by atoms with Gasteiger partial charge in [0.25, 0.3) is 0 Å². The highest BCUT2D eigenvalue weighted by Gasteiger charge is 2.29. The normalized spacial score (nSPS) is 26.2. The van der Waals surface area contributed by atoms with E-state index in [4.69, 9.17) is 5.84 Å². The molecule has 0 aromatic rings. The molecule has 0 aromatic carbocycles. The summed E-state index contributed by atoms with van der Waals surface area (Å²) >= 11 is 2.02. The van der Waals surface area contributed by atoms with Gasteiger partial charge in [0, 0.05) is 11.3 Å². The lowest BCUT2D eigenvalue weighted by Gasteiger charge is -2.20. The third kappa shape index (κ3) is 4.61. The number of hydrazine groups is 1. The maximum absolute atomic E-state index is 5.44. The zero-order valence-corrected chi connectivity index (χ0v) is 11.4. The molecule has 1 unspecified atom stereocenters. The van der Waals surface area contributed by atoms with Crippen molar-refractivity contribution in [3.8, 4) is 0 Å². The summed E-state index contributed by atoms with van der Waals surface area (Å²) in [4.78, 5) is 4.52. The van der Waals surface area contributed by atoms with E-state index in [1.54, 1.807) is 0 Å². The summed E-state index contributed by atoms with van der Waals surface area (Å²) in [6, 6.07) is 0. The van der Waals surface area contributed by atoms with Crippen LogP contribution < -0.4 is 16.6 Å². The fourth-order valence-corrected chi connectivity index (χ4v) is 2.89. The minimum Gasteiger partial charge on any atom is -0.355 e. The summed E-state index contributed by atoms with van der Waals surface area (Å²) in [5, 5.41) is 3.21. The van der Waals surface area contributed by atoms with Gasteiger partial charge in [-0.3, -0.25) is 10.4 Å². The first-order chi connectivity index (χ1) is 7.56. The van der Waals surface area contributed by atoms with Gasteiger partial charge in [0.1, 0.15) is 0 Å². The van der Waals surface area contributed by atoms with Crippen molar-refractivity contribution in [1.29, 1.82) is 0 Å². The molecule has 1 saturated heterocycles. The first-order valence-electron chi connectivity index (χ1n) is 5.94. The van der Waals surface area contributed by atoms with Gasteiger partial charge in [-0.15, -0.1) is 0 Å². The van der Waals surface area contributed by atoms with Gasteiger partial charge in [0.2, 0.25) is 5.96 Å². The van der Waals surface area contributed by atoms with E-state index in [9.17, 15) is 0 Å². The molecule has 16 heavy (non-hydrogen) atoms. The Morgan fingerprint density at radius 2 is 2.31 bits per heavy atom. The van der Waals surface area contributed by atoms with Gasteiger partial charge in [-0.2, -0.15) is 11.8 Å². The number of nitrogens with zero attached hydrogens (tertiary/aromatic N) is 1. The monoisotopic (exact) mass is 244 g/mol. The number of aliphatic imine (C=N–C) groups is 1. The van der Waals surface area contributed by atoms with Crippen LogP contribution in [-0.4, -0.2) is 29.5 Å². The van der Waals surface area contributed by atoms with Gasteiger partial charge < -0.3 is 5.32 Å².